The molecule has 21 heavy (non-hydrogen) atoms. The molecule has 0 aliphatic carbocycles. The third-order valence-electron chi connectivity index (χ3n) is 3.36. The number of carbonyl (C=O) groups excluding carboxylic acids is 1. The molecule has 0 saturated heterocycles. The Hall–Kier alpha value is -2.62. The first-order valence-electron chi connectivity index (χ1n) is 7.01. The number of benzene rings is 1. The number of imidazole rings is 1. The van der Waals surface area contributed by atoms with Crippen molar-refractivity contribution in [3.63, 3.8) is 0 Å². The van der Waals surface area contributed by atoms with Crippen molar-refractivity contribution in [1.29, 1.82) is 0 Å². The monoisotopic (exact) mass is 279 g/mol. The predicted octanol–water partition coefficient (Wildman–Crippen LogP) is 2.70. The molecule has 3 rings (SSSR count). The molecule has 0 fully saturated rings. The number of pyridine rings is 1. The van der Waals surface area contributed by atoms with E-state index < -0.39 is 0 Å². The molecule has 0 spiro atoms. The number of amides is 1. The third kappa shape index (κ3) is 3.11. The summed E-state index contributed by atoms with van der Waals surface area (Å²) >= 11 is 0. The van der Waals surface area contributed by atoms with Crippen molar-refractivity contribution < 1.29 is 4.79 Å². The van der Waals surface area contributed by atoms with Crippen molar-refractivity contribution in [2.24, 2.45) is 0 Å². The van der Waals surface area contributed by atoms with E-state index >= 15 is 0 Å². The Kier molecular flexibility index (Phi) is 3.69. The topological polar surface area (TPSA) is 46.4 Å². The molecule has 0 radical (unpaired) electrons. The number of aromatic nitrogens is 2. The van der Waals surface area contributed by atoms with Crippen LogP contribution in [0.4, 0.5) is 0 Å². The summed E-state index contributed by atoms with van der Waals surface area (Å²) in [5.41, 5.74) is 2.43. The maximum Gasteiger partial charge on any atom is 0.271 e. The summed E-state index contributed by atoms with van der Waals surface area (Å²) in [7, 11) is 0. The van der Waals surface area contributed by atoms with E-state index in [1.54, 1.807) is 6.20 Å². The smallest absolute Gasteiger partial charge is 0.271 e. The van der Waals surface area contributed by atoms with E-state index in [1.807, 2.05) is 53.9 Å². The van der Waals surface area contributed by atoms with Gasteiger partial charge in [0.15, 0.2) is 0 Å². The van der Waals surface area contributed by atoms with Gasteiger partial charge in [0.2, 0.25) is 0 Å². The second kappa shape index (κ2) is 5.79. The summed E-state index contributed by atoms with van der Waals surface area (Å²) in [5.74, 6) is -0.137. The molecule has 4 nitrogen and oxygen atoms in total. The highest BCUT2D eigenvalue weighted by molar-refractivity contribution is 5.93. The largest absolute Gasteiger partial charge is 0.348 e. The third-order valence-corrected chi connectivity index (χ3v) is 3.36. The van der Waals surface area contributed by atoms with Gasteiger partial charge in [-0.1, -0.05) is 36.4 Å². The van der Waals surface area contributed by atoms with Crippen LogP contribution in [0.25, 0.3) is 5.65 Å². The fourth-order valence-electron chi connectivity index (χ4n) is 2.36. The Labute approximate surface area is 123 Å². The summed E-state index contributed by atoms with van der Waals surface area (Å²) < 4.78 is 1.84. The molecule has 3 aromatic rings. The van der Waals surface area contributed by atoms with Crippen LogP contribution in [0.1, 0.15) is 23.0 Å². The van der Waals surface area contributed by atoms with Gasteiger partial charge in [0.1, 0.15) is 11.3 Å². The highest BCUT2D eigenvalue weighted by Gasteiger charge is 2.13. The first kappa shape index (κ1) is 13.4. The standard InChI is InChI=1S/C17H17N3O/c1-13(11-14-7-3-2-4-8-14)18-17(21)15-12-20-10-6-5-9-16(20)19-15/h2-10,12-13H,11H2,1H3,(H,18,21)/t13-/m1/s1. The molecule has 0 saturated carbocycles. The molecular weight excluding hydrogens is 262 g/mol. The maximum absolute atomic E-state index is 12.2. The molecule has 106 valence electrons. The van der Waals surface area contributed by atoms with Crippen LogP contribution in [0.5, 0.6) is 0 Å². The van der Waals surface area contributed by atoms with E-state index in [2.05, 4.69) is 22.4 Å². The molecule has 1 aromatic carbocycles. The van der Waals surface area contributed by atoms with Gasteiger partial charge in [-0.05, 0) is 31.0 Å². The molecule has 1 atom stereocenters. The molecule has 0 aliphatic rings. The predicted molar refractivity (Wildman–Crippen MR) is 82.3 cm³/mol. The molecule has 0 aliphatic heterocycles. The highest BCUT2D eigenvalue weighted by atomic mass is 16.1. The van der Waals surface area contributed by atoms with Crippen molar-refractivity contribution in [3.05, 3.63) is 72.2 Å². The van der Waals surface area contributed by atoms with E-state index in [0.29, 0.717) is 5.69 Å². The van der Waals surface area contributed by atoms with E-state index in [9.17, 15) is 4.79 Å². The van der Waals surface area contributed by atoms with Gasteiger partial charge >= 0.3 is 0 Å². The SMILES string of the molecule is C[C@H](Cc1ccccc1)NC(=O)c1cn2ccccc2n1. The van der Waals surface area contributed by atoms with Crippen LogP contribution in [-0.2, 0) is 6.42 Å². The van der Waals surface area contributed by atoms with Crippen molar-refractivity contribution >= 4 is 11.6 Å². The van der Waals surface area contributed by atoms with Crippen molar-refractivity contribution in [2.75, 3.05) is 0 Å². The zero-order valence-electron chi connectivity index (χ0n) is 11.9. The Morgan fingerprint density at radius 3 is 2.71 bits per heavy atom. The maximum atomic E-state index is 12.2. The van der Waals surface area contributed by atoms with Crippen LogP contribution in [-0.4, -0.2) is 21.3 Å². The van der Waals surface area contributed by atoms with E-state index in [1.165, 1.54) is 5.56 Å². The lowest BCUT2D eigenvalue weighted by atomic mass is 10.1. The molecule has 1 N–H and O–H groups in total. The molecule has 0 unspecified atom stereocenters. The molecule has 2 heterocycles. The first-order chi connectivity index (χ1) is 10.2. The lowest BCUT2D eigenvalue weighted by Gasteiger charge is -2.12. The number of nitrogens with one attached hydrogen (secondary N) is 1. The molecule has 4 heteroatoms. The number of hydrogen-bond acceptors (Lipinski definition) is 2. The average Bonchev–Trinajstić information content (AvgIpc) is 2.92. The zero-order chi connectivity index (χ0) is 14.7. The minimum absolute atomic E-state index is 0.0599. The first-order valence-corrected chi connectivity index (χ1v) is 7.01. The number of carbonyl (C=O) groups is 1. The van der Waals surface area contributed by atoms with Crippen molar-refractivity contribution in [2.45, 2.75) is 19.4 Å². The fraction of sp³-hybridized carbons (Fsp3) is 0.176. The summed E-state index contributed by atoms with van der Waals surface area (Å²) in [6.45, 7) is 2.00. The Balaban J connectivity index is 1.68. The van der Waals surface area contributed by atoms with Gasteiger partial charge in [-0.2, -0.15) is 0 Å². The second-order valence-electron chi connectivity index (χ2n) is 5.16. The average molecular weight is 279 g/mol. The van der Waals surface area contributed by atoms with E-state index in [-0.39, 0.29) is 11.9 Å². The van der Waals surface area contributed by atoms with E-state index in [0.717, 1.165) is 12.1 Å². The van der Waals surface area contributed by atoms with Gasteiger partial charge in [0.25, 0.3) is 5.91 Å². The van der Waals surface area contributed by atoms with Gasteiger partial charge in [-0.3, -0.25) is 4.79 Å². The van der Waals surface area contributed by atoms with Crippen molar-refractivity contribution in [3.8, 4) is 0 Å². The van der Waals surface area contributed by atoms with Gasteiger partial charge in [0, 0.05) is 18.4 Å². The molecule has 0 bridgehead atoms. The van der Waals surface area contributed by atoms with Crippen LogP contribution in [0, 0.1) is 0 Å². The van der Waals surface area contributed by atoms with Gasteiger partial charge in [0.05, 0.1) is 0 Å². The number of fused-ring (bicyclic) bond motifs is 1. The lowest BCUT2D eigenvalue weighted by Crippen LogP contribution is -2.34. The summed E-state index contributed by atoms with van der Waals surface area (Å²) in [6.07, 6.45) is 4.44. The Morgan fingerprint density at radius 2 is 1.95 bits per heavy atom. The van der Waals surface area contributed by atoms with Crippen LogP contribution in [0.2, 0.25) is 0 Å². The molecular formula is C17H17N3O. The quantitative estimate of drug-likeness (QED) is 0.798. The van der Waals surface area contributed by atoms with Crippen LogP contribution < -0.4 is 5.32 Å². The fourth-order valence-corrected chi connectivity index (χ4v) is 2.36. The minimum atomic E-state index is -0.137. The number of rotatable bonds is 4. The summed E-state index contributed by atoms with van der Waals surface area (Å²) in [5, 5.41) is 2.99. The normalized spacial score (nSPS) is 12.2. The minimum Gasteiger partial charge on any atom is -0.348 e. The zero-order valence-corrected chi connectivity index (χ0v) is 11.9. The Morgan fingerprint density at radius 1 is 1.19 bits per heavy atom. The number of hydrogen-bond donors (Lipinski definition) is 1. The van der Waals surface area contributed by atoms with Crippen LogP contribution in [0.3, 0.4) is 0 Å². The van der Waals surface area contributed by atoms with Crippen molar-refractivity contribution in [1.82, 2.24) is 14.7 Å². The van der Waals surface area contributed by atoms with Gasteiger partial charge in [-0.15, -0.1) is 0 Å². The van der Waals surface area contributed by atoms with Crippen LogP contribution >= 0.6 is 0 Å². The van der Waals surface area contributed by atoms with Gasteiger partial charge < -0.3 is 9.72 Å². The lowest BCUT2D eigenvalue weighted by molar-refractivity contribution is 0.0935. The number of nitrogens with zero attached hydrogens (tertiary/aromatic N) is 2. The molecule has 1 amide bonds. The summed E-state index contributed by atoms with van der Waals surface area (Å²) in [4.78, 5) is 16.6. The van der Waals surface area contributed by atoms with Crippen LogP contribution in [0.15, 0.2) is 60.9 Å². The van der Waals surface area contributed by atoms with E-state index in [4.69, 9.17) is 0 Å². The highest BCUT2D eigenvalue weighted by Crippen LogP contribution is 2.06. The molecule has 2 aromatic heterocycles. The summed E-state index contributed by atoms with van der Waals surface area (Å²) in [6, 6.07) is 15.9. The second-order valence-corrected chi connectivity index (χ2v) is 5.16. The van der Waals surface area contributed by atoms with Gasteiger partial charge in [-0.25, -0.2) is 4.98 Å². The Bertz CT molecular complexity index is 716.